The summed E-state index contributed by atoms with van der Waals surface area (Å²) in [6.45, 7) is 2.68. The van der Waals surface area contributed by atoms with E-state index in [2.05, 4.69) is 12.0 Å². The van der Waals surface area contributed by atoms with Gasteiger partial charge >= 0.3 is 0 Å². The summed E-state index contributed by atoms with van der Waals surface area (Å²) in [5, 5.41) is 15.9. The molecule has 0 bridgehead atoms. The fourth-order valence-corrected chi connectivity index (χ4v) is 4.63. The van der Waals surface area contributed by atoms with Crippen LogP contribution >= 0.6 is 24.0 Å². The van der Waals surface area contributed by atoms with E-state index < -0.39 is 4.92 Å². The van der Waals surface area contributed by atoms with Crippen molar-refractivity contribution in [3.8, 4) is 16.9 Å². The van der Waals surface area contributed by atoms with Gasteiger partial charge in [-0.15, -0.1) is 0 Å². The predicted molar refractivity (Wildman–Crippen MR) is 130 cm³/mol. The molecule has 1 aliphatic rings. The smallest absolute Gasteiger partial charge is 0.270 e. The molecule has 0 N–H and O–H groups in total. The molecule has 0 unspecified atom stereocenters. The van der Waals surface area contributed by atoms with E-state index >= 15 is 0 Å². The second-order valence-corrected chi connectivity index (χ2v) is 8.87. The molecule has 0 saturated carbocycles. The molecule has 32 heavy (non-hydrogen) atoms. The number of amides is 1. The number of carbonyl (C=O) groups excluding carboxylic acids is 1. The van der Waals surface area contributed by atoms with Crippen molar-refractivity contribution >= 4 is 46.0 Å². The highest BCUT2D eigenvalue weighted by atomic mass is 32.2. The summed E-state index contributed by atoms with van der Waals surface area (Å²) in [5.74, 6) is -0.105. The summed E-state index contributed by atoms with van der Waals surface area (Å²) in [6.07, 6.45) is 3.65. The number of rotatable bonds is 7. The molecule has 1 fully saturated rings. The highest BCUT2D eigenvalue weighted by molar-refractivity contribution is 8.26. The van der Waals surface area contributed by atoms with Crippen LogP contribution in [0.25, 0.3) is 23.0 Å². The Balaban J connectivity index is 1.77. The Bertz CT molecular complexity index is 1220. The Morgan fingerprint density at radius 2 is 1.94 bits per heavy atom. The minimum atomic E-state index is -0.430. The Morgan fingerprint density at radius 1 is 1.16 bits per heavy atom. The third-order valence-electron chi connectivity index (χ3n) is 4.98. The van der Waals surface area contributed by atoms with Crippen LogP contribution in [0, 0.1) is 10.1 Å². The van der Waals surface area contributed by atoms with Gasteiger partial charge in [0.25, 0.3) is 11.6 Å². The van der Waals surface area contributed by atoms with Gasteiger partial charge in [-0.1, -0.05) is 67.7 Å². The first-order valence-corrected chi connectivity index (χ1v) is 11.4. The molecule has 1 amide bonds. The van der Waals surface area contributed by atoms with E-state index in [4.69, 9.17) is 12.2 Å². The average molecular weight is 465 g/mol. The topological polar surface area (TPSA) is 81.3 Å². The largest absolute Gasteiger partial charge is 0.293 e. The van der Waals surface area contributed by atoms with Crippen LogP contribution in [0.5, 0.6) is 0 Å². The highest BCUT2D eigenvalue weighted by Gasteiger charge is 2.31. The SMILES string of the molecule is CCCCN1C(=O)C(=Cc2cc(-c3cccc([N+](=O)[O-])c3)nn2-c2ccccc2)SC1=S. The molecular formula is C23H20N4O3S2. The lowest BCUT2D eigenvalue weighted by Gasteiger charge is -2.13. The molecule has 0 aliphatic carbocycles. The van der Waals surface area contributed by atoms with Crippen LogP contribution < -0.4 is 0 Å². The van der Waals surface area contributed by atoms with Crippen LogP contribution in [0.3, 0.4) is 0 Å². The number of hydrogen-bond donors (Lipinski definition) is 0. The van der Waals surface area contributed by atoms with Gasteiger partial charge in [0.1, 0.15) is 4.32 Å². The second kappa shape index (κ2) is 9.46. The first-order valence-electron chi connectivity index (χ1n) is 10.1. The van der Waals surface area contributed by atoms with Gasteiger partial charge in [0.05, 0.1) is 26.9 Å². The van der Waals surface area contributed by atoms with Gasteiger partial charge in [0.15, 0.2) is 0 Å². The lowest BCUT2D eigenvalue weighted by atomic mass is 10.1. The van der Waals surface area contributed by atoms with E-state index in [0.717, 1.165) is 18.5 Å². The number of non-ortho nitro benzene ring substituents is 1. The number of benzene rings is 2. The summed E-state index contributed by atoms with van der Waals surface area (Å²) in [6, 6.07) is 17.7. The maximum atomic E-state index is 12.9. The van der Waals surface area contributed by atoms with Crippen LogP contribution in [-0.2, 0) is 4.79 Å². The number of nitro benzene ring substituents is 1. The molecule has 0 spiro atoms. The maximum absolute atomic E-state index is 12.9. The zero-order chi connectivity index (χ0) is 22.7. The molecule has 1 aromatic heterocycles. The molecular weight excluding hydrogens is 444 g/mol. The average Bonchev–Trinajstić information content (AvgIpc) is 3.34. The van der Waals surface area contributed by atoms with Crippen LogP contribution in [-0.4, -0.2) is 36.4 Å². The molecule has 1 saturated heterocycles. The number of unbranched alkanes of at least 4 members (excludes halogenated alkanes) is 1. The first kappa shape index (κ1) is 21.9. The Hall–Kier alpha value is -3.30. The third kappa shape index (κ3) is 4.49. The Labute approximate surface area is 194 Å². The molecule has 0 radical (unpaired) electrons. The first-order chi connectivity index (χ1) is 15.5. The molecule has 2 heterocycles. The molecule has 162 valence electrons. The van der Waals surface area contributed by atoms with E-state index in [-0.39, 0.29) is 11.6 Å². The van der Waals surface area contributed by atoms with E-state index in [0.29, 0.717) is 32.7 Å². The number of thiocarbonyl (C=S) groups is 1. The fourth-order valence-electron chi connectivity index (χ4n) is 3.34. The monoisotopic (exact) mass is 464 g/mol. The number of para-hydroxylation sites is 1. The highest BCUT2D eigenvalue weighted by Crippen LogP contribution is 2.34. The van der Waals surface area contributed by atoms with Gasteiger partial charge in [-0.2, -0.15) is 5.10 Å². The quantitative estimate of drug-likeness (QED) is 0.200. The summed E-state index contributed by atoms with van der Waals surface area (Å²) >= 11 is 6.69. The van der Waals surface area contributed by atoms with Crippen molar-refractivity contribution in [2.75, 3.05) is 6.54 Å². The van der Waals surface area contributed by atoms with E-state index in [1.807, 2.05) is 36.4 Å². The molecule has 0 atom stereocenters. The van der Waals surface area contributed by atoms with Crippen molar-refractivity contribution in [2.45, 2.75) is 19.8 Å². The number of carbonyl (C=O) groups is 1. The van der Waals surface area contributed by atoms with Crippen molar-refractivity contribution in [3.63, 3.8) is 0 Å². The zero-order valence-corrected chi connectivity index (χ0v) is 18.9. The van der Waals surface area contributed by atoms with E-state index in [9.17, 15) is 14.9 Å². The normalized spacial score (nSPS) is 15.0. The molecule has 9 heteroatoms. The van der Waals surface area contributed by atoms with E-state index in [1.54, 1.807) is 27.8 Å². The van der Waals surface area contributed by atoms with Crippen LogP contribution in [0.1, 0.15) is 25.5 Å². The Kier molecular flexibility index (Phi) is 6.48. The molecule has 4 rings (SSSR count). The van der Waals surface area contributed by atoms with Gasteiger partial charge in [-0.05, 0) is 30.7 Å². The Morgan fingerprint density at radius 3 is 2.66 bits per heavy atom. The minimum Gasteiger partial charge on any atom is -0.293 e. The van der Waals surface area contributed by atoms with Crippen molar-refractivity contribution < 1.29 is 9.72 Å². The summed E-state index contributed by atoms with van der Waals surface area (Å²) in [7, 11) is 0. The second-order valence-electron chi connectivity index (χ2n) is 7.20. The zero-order valence-electron chi connectivity index (χ0n) is 17.3. The fraction of sp³-hybridized carbons (Fsp3) is 0.174. The van der Waals surface area contributed by atoms with Gasteiger partial charge in [-0.3, -0.25) is 19.8 Å². The maximum Gasteiger partial charge on any atom is 0.270 e. The number of hydrogen-bond acceptors (Lipinski definition) is 6. The van der Waals surface area contributed by atoms with Gasteiger partial charge < -0.3 is 0 Å². The summed E-state index contributed by atoms with van der Waals surface area (Å²) in [5.41, 5.74) is 2.70. The number of thioether (sulfide) groups is 1. The lowest BCUT2D eigenvalue weighted by Crippen LogP contribution is -2.28. The van der Waals surface area contributed by atoms with Crippen LogP contribution in [0.4, 0.5) is 5.69 Å². The van der Waals surface area contributed by atoms with Crippen molar-refractivity contribution in [1.82, 2.24) is 14.7 Å². The number of nitro groups is 1. The standard InChI is InChI=1S/C23H20N4O3S2/c1-2-3-12-25-22(28)21(32-23(25)31)15-19-14-20(16-8-7-11-18(13-16)27(29)30)24-26(19)17-9-5-4-6-10-17/h4-11,13-15H,2-3,12H2,1H3. The number of nitrogens with zero attached hydrogens (tertiary/aromatic N) is 4. The molecule has 1 aliphatic heterocycles. The van der Waals surface area contributed by atoms with E-state index in [1.165, 1.54) is 23.9 Å². The van der Waals surface area contributed by atoms with Crippen molar-refractivity contribution in [3.05, 3.63) is 81.4 Å². The van der Waals surface area contributed by atoms with Gasteiger partial charge in [0.2, 0.25) is 0 Å². The van der Waals surface area contributed by atoms with Crippen LogP contribution in [0.15, 0.2) is 65.6 Å². The summed E-state index contributed by atoms with van der Waals surface area (Å²) < 4.78 is 2.28. The molecule has 2 aromatic carbocycles. The van der Waals surface area contributed by atoms with Gasteiger partial charge in [-0.25, -0.2) is 4.68 Å². The lowest BCUT2D eigenvalue weighted by molar-refractivity contribution is -0.384. The minimum absolute atomic E-state index is 0.00453. The molecule has 3 aromatic rings. The summed E-state index contributed by atoms with van der Waals surface area (Å²) in [4.78, 5) is 25.9. The predicted octanol–water partition coefficient (Wildman–Crippen LogP) is 5.45. The van der Waals surface area contributed by atoms with Crippen LogP contribution in [0.2, 0.25) is 0 Å². The number of aromatic nitrogens is 2. The third-order valence-corrected chi connectivity index (χ3v) is 6.36. The van der Waals surface area contributed by atoms with Gasteiger partial charge in [0, 0.05) is 24.2 Å². The molecule has 7 nitrogen and oxygen atoms in total. The van der Waals surface area contributed by atoms with Crippen molar-refractivity contribution in [2.24, 2.45) is 0 Å². The van der Waals surface area contributed by atoms with Crippen molar-refractivity contribution in [1.29, 1.82) is 0 Å².